The van der Waals surface area contributed by atoms with Gasteiger partial charge in [-0.3, -0.25) is 19.5 Å². The molecule has 7 nitrogen and oxygen atoms in total. The van der Waals surface area contributed by atoms with Crippen LogP contribution in [0.3, 0.4) is 0 Å². The van der Waals surface area contributed by atoms with Crippen LogP contribution in [0.4, 0.5) is 0 Å². The maximum absolute atomic E-state index is 12.3. The van der Waals surface area contributed by atoms with Crippen molar-refractivity contribution in [3.8, 4) is 0 Å². The van der Waals surface area contributed by atoms with Gasteiger partial charge in [0.15, 0.2) is 0 Å². The van der Waals surface area contributed by atoms with Crippen molar-refractivity contribution >= 4 is 5.91 Å². The van der Waals surface area contributed by atoms with Gasteiger partial charge in [0.1, 0.15) is 5.66 Å². The van der Waals surface area contributed by atoms with E-state index in [0.29, 0.717) is 11.6 Å². The standard InChI is InChI=1S/C19H31N5O2/c20-18(25)17-4-3-6-21-19(17,15-22-10-12-26-13-11-22)24-9-5-16(14-24)23-7-1-2-8-23/h3-4,6,16,21H,1-2,5,7-15H2,(H2,20,25). The lowest BCUT2D eigenvalue weighted by Gasteiger charge is -2.47. The van der Waals surface area contributed by atoms with Gasteiger partial charge in [-0.05, 0) is 50.7 Å². The Labute approximate surface area is 155 Å². The first-order valence-corrected chi connectivity index (χ1v) is 9.93. The van der Waals surface area contributed by atoms with Gasteiger partial charge >= 0.3 is 0 Å². The van der Waals surface area contributed by atoms with Crippen molar-refractivity contribution in [2.45, 2.75) is 31.0 Å². The number of morpholine rings is 1. The van der Waals surface area contributed by atoms with E-state index in [2.05, 4.69) is 20.0 Å². The van der Waals surface area contributed by atoms with Crippen molar-refractivity contribution in [2.75, 3.05) is 59.0 Å². The molecule has 0 radical (unpaired) electrons. The molecule has 4 aliphatic rings. The molecule has 2 atom stereocenters. The number of rotatable bonds is 5. The minimum atomic E-state index is -0.535. The zero-order valence-electron chi connectivity index (χ0n) is 15.5. The lowest BCUT2D eigenvalue weighted by atomic mass is 9.93. The average Bonchev–Trinajstić information content (AvgIpc) is 3.34. The predicted octanol–water partition coefficient (Wildman–Crippen LogP) is -0.286. The fourth-order valence-electron chi connectivity index (χ4n) is 4.90. The monoisotopic (exact) mass is 361 g/mol. The summed E-state index contributed by atoms with van der Waals surface area (Å²) >= 11 is 0. The van der Waals surface area contributed by atoms with Crippen LogP contribution in [0.25, 0.3) is 0 Å². The number of primary amides is 1. The topological polar surface area (TPSA) is 74.1 Å². The molecule has 26 heavy (non-hydrogen) atoms. The molecule has 0 aromatic rings. The maximum Gasteiger partial charge on any atom is 0.248 e. The third-order valence-electron chi connectivity index (χ3n) is 6.31. The fraction of sp³-hybridized carbons (Fsp3) is 0.737. The zero-order chi connectivity index (χ0) is 18.0. The second-order valence-corrected chi connectivity index (χ2v) is 7.83. The van der Waals surface area contributed by atoms with Gasteiger partial charge in [-0.15, -0.1) is 0 Å². The number of carbonyl (C=O) groups is 1. The SMILES string of the molecule is NC(=O)C1=CC=CNC1(CN1CCOCC1)N1CCC(N2CCCC2)C1. The van der Waals surface area contributed by atoms with Crippen LogP contribution in [0.1, 0.15) is 19.3 Å². The molecule has 0 aromatic heterocycles. The van der Waals surface area contributed by atoms with Crippen LogP contribution in [0.15, 0.2) is 23.9 Å². The molecule has 3 N–H and O–H groups in total. The van der Waals surface area contributed by atoms with Gasteiger partial charge in [-0.2, -0.15) is 0 Å². The summed E-state index contributed by atoms with van der Waals surface area (Å²) < 4.78 is 5.50. The van der Waals surface area contributed by atoms with E-state index in [4.69, 9.17) is 10.5 Å². The number of likely N-dealkylation sites (tertiary alicyclic amines) is 2. The van der Waals surface area contributed by atoms with Crippen molar-refractivity contribution < 1.29 is 9.53 Å². The molecule has 4 rings (SSSR count). The van der Waals surface area contributed by atoms with E-state index in [1.165, 1.54) is 25.9 Å². The Balaban J connectivity index is 1.57. The van der Waals surface area contributed by atoms with Gasteiger partial charge in [-0.25, -0.2) is 0 Å². The molecule has 2 unspecified atom stereocenters. The van der Waals surface area contributed by atoms with Crippen LogP contribution < -0.4 is 11.1 Å². The summed E-state index contributed by atoms with van der Waals surface area (Å²) in [5.74, 6) is -0.334. The number of dihydropyridines is 1. The first-order chi connectivity index (χ1) is 12.7. The fourth-order valence-corrected chi connectivity index (χ4v) is 4.90. The van der Waals surface area contributed by atoms with Crippen LogP contribution in [0, 0.1) is 0 Å². The van der Waals surface area contributed by atoms with Crippen LogP contribution in [0.5, 0.6) is 0 Å². The summed E-state index contributed by atoms with van der Waals surface area (Å²) in [5, 5.41) is 3.54. The van der Waals surface area contributed by atoms with Gasteiger partial charge in [0, 0.05) is 38.8 Å². The van der Waals surface area contributed by atoms with E-state index in [9.17, 15) is 4.79 Å². The Morgan fingerprint density at radius 3 is 2.73 bits per heavy atom. The normalized spacial score (nSPS) is 34.0. The van der Waals surface area contributed by atoms with Crippen LogP contribution in [-0.4, -0.2) is 91.3 Å². The van der Waals surface area contributed by atoms with Crippen molar-refractivity contribution in [1.29, 1.82) is 0 Å². The number of carbonyl (C=O) groups excluding carboxylic acids is 1. The van der Waals surface area contributed by atoms with E-state index >= 15 is 0 Å². The molecule has 0 bridgehead atoms. The molecule has 4 aliphatic heterocycles. The number of amides is 1. The number of nitrogens with zero attached hydrogens (tertiary/aromatic N) is 3. The summed E-state index contributed by atoms with van der Waals surface area (Å²) in [4.78, 5) is 19.8. The van der Waals surface area contributed by atoms with E-state index in [1.54, 1.807) is 0 Å². The Hall–Kier alpha value is -1.41. The highest BCUT2D eigenvalue weighted by atomic mass is 16.5. The van der Waals surface area contributed by atoms with E-state index in [0.717, 1.165) is 52.4 Å². The molecule has 0 spiro atoms. The van der Waals surface area contributed by atoms with Crippen LogP contribution >= 0.6 is 0 Å². The minimum absolute atomic E-state index is 0.334. The number of allylic oxidation sites excluding steroid dienone is 2. The van der Waals surface area contributed by atoms with E-state index in [1.807, 2.05) is 18.4 Å². The number of hydrogen-bond donors (Lipinski definition) is 2. The molecule has 7 heteroatoms. The molecule has 3 saturated heterocycles. The molecule has 0 saturated carbocycles. The number of hydrogen-bond acceptors (Lipinski definition) is 6. The first-order valence-electron chi connectivity index (χ1n) is 9.93. The summed E-state index contributed by atoms with van der Waals surface area (Å²) in [7, 11) is 0. The van der Waals surface area contributed by atoms with Crippen molar-refractivity contribution in [3.05, 3.63) is 23.9 Å². The summed E-state index contributed by atoms with van der Waals surface area (Å²) in [5.41, 5.74) is 5.95. The molecular weight excluding hydrogens is 330 g/mol. The molecule has 0 aliphatic carbocycles. The highest BCUT2D eigenvalue weighted by Gasteiger charge is 2.47. The van der Waals surface area contributed by atoms with Crippen LogP contribution in [-0.2, 0) is 9.53 Å². The van der Waals surface area contributed by atoms with Crippen molar-refractivity contribution in [1.82, 2.24) is 20.0 Å². The second kappa shape index (κ2) is 7.68. The quantitative estimate of drug-likeness (QED) is 0.701. The lowest BCUT2D eigenvalue weighted by Crippen LogP contribution is -2.67. The minimum Gasteiger partial charge on any atom is -0.379 e. The molecule has 144 valence electrons. The molecule has 4 heterocycles. The van der Waals surface area contributed by atoms with Crippen molar-refractivity contribution in [3.63, 3.8) is 0 Å². The van der Waals surface area contributed by atoms with Gasteiger partial charge < -0.3 is 15.8 Å². The lowest BCUT2D eigenvalue weighted by molar-refractivity contribution is -0.116. The molecule has 0 aromatic carbocycles. The zero-order valence-corrected chi connectivity index (χ0v) is 15.5. The second-order valence-electron chi connectivity index (χ2n) is 7.83. The average molecular weight is 361 g/mol. The molecule has 3 fully saturated rings. The van der Waals surface area contributed by atoms with E-state index in [-0.39, 0.29) is 5.91 Å². The highest BCUT2D eigenvalue weighted by Crippen LogP contribution is 2.32. The summed E-state index contributed by atoms with van der Waals surface area (Å²) in [6, 6.07) is 0.584. The Bertz CT molecular complexity index is 580. The largest absolute Gasteiger partial charge is 0.379 e. The van der Waals surface area contributed by atoms with Gasteiger partial charge in [0.25, 0.3) is 0 Å². The van der Waals surface area contributed by atoms with Crippen molar-refractivity contribution in [2.24, 2.45) is 5.73 Å². The number of nitrogens with two attached hydrogens (primary N) is 1. The predicted molar refractivity (Wildman–Crippen MR) is 100 cm³/mol. The van der Waals surface area contributed by atoms with Gasteiger partial charge in [0.05, 0.1) is 18.8 Å². The summed E-state index contributed by atoms with van der Waals surface area (Å²) in [6.07, 6.45) is 9.50. The molecule has 1 amide bonds. The third-order valence-corrected chi connectivity index (χ3v) is 6.31. The molecular formula is C19H31N5O2. The van der Waals surface area contributed by atoms with Crippen LogP contribution in [0.2, 0.25) is 0 Å². The van der Waals surface area contributed by atoms with Gasteiger partial charge in [-0.1, -0.05) is 0 Å². The number of ether oxygens (including phenoxy) is 1. The summed E-state index contributed by atoms with van der Waals surface area (Å²) in [6.45, 7) is 8.41. The highest BCUT2D eigenvalue weighted by molar-refractivity contribution is 5.95. The smallest absolute Gasteiger partial charge is 0.248 e. The Kier molecular flexibility index (Phi) is 5.31. The Morgan fingerprint density at radius 1 is 1.23 bits per heavy atom. The van der Waals surface area contributed by atoms with Gasteiger partial charge in [0.2, 0.25) is 5.91 Å². The maximum atomic E-state index is 12.3. The third kappa shape index (κ3) is 3.41. The van der Waals surface area contributed by atoms with E-state index < -0.39 is 5.66 Å². The Morgan fingerprint density at radius 2 is 2.00 bits per heavy atom. The number of nitrogens with one attached hydrogen (secondary N) is 1. The first kappa shape index (κ1) is 18.0.